The SMILES string of the molecule is COC(=O)[C@@H]1[C@@H]2C=C[C@]3(O2)[C@@H]1C(=O)N1CCCO[C@@H]13. The predicted octanol–water partition coefficient (Wildman–Crippen LogP) is -0.312. The van der Waals surface area contributed by atoms with Gasteiger partial charge in [0, 0.05) is 6.54 Å². The molecule has 0 unspecified atom stereocenters. The van der Waals surface area contributed by atoms with Crippen molar-refractivity contribution in [1.29, 1.82) is 0 Å². The molecular weight excluding hydrogens is 250 g/mol. The van der Waals surface area contributed by atoms with Gasteiger partial charge < -0.3 is 19.1 Å². The lowest BCUT2D eigenvalue weighted by Gasteiger charge is -2.36. The van der Waals surface area contributed by atoms with E-state index in [2.05, 4.69) is 0 Å². The second-order valence-corrected chi connectivity index (χ2v) is 5.43. The van der Waals surface area contributed by atoms with E-state index in [4.69, 9.17) is 14.2 Å². The molecule has 3 saturated heterocycles. The summed E-state index contributed by atoms with van der Waals surface area (Å²) in [5.74, 6) is -1.48. The highest BCUT2D eigenvalue weighted by atomic mass is 16.6. The van der Waals surface area contributed by atoms with Gasteiger partial charge in [0.2, 0.25) is 5.91 Å². The summed E-state index contributed by atoms with van der Waals surface area (Å²) >= 11 is 0. The van der Waals surface area contributed by atoms with Crippen LogP contribution in [0.5, 0.6) is 0 Å². The highest BCUT2D eigenvalue weighted by Gasteiger charge is 2.72. The molecule has 0 aromatic carbocycles. The third-order valence-electron chi connectivity index (χ3n) is 4.60. The molecule has 19 heavy (non-hydrogen) atoms. The molecule has 4 aliphatic rings. The van der Waals surface area contributed by atoms with Crippen molar-refractivity contribution >= 4 is 11.9 Å². The average Bonchev–Trinajstić information content (AvgIpc) is 3.08. The number of ether oxygens (including phenoxy) is 3. The van der Waals surface area contributed by atoms with E-state index in [1.165, 1.54) is 7.11 Å². The zero-order valence-electron chi connectivity index (χ0n) is 10.6. The van der Waals surface area contributed by atoms with E-state index < -0.39 is 23.7 Å². The standard InChI is InChI=1S/C13H15NO5/c1-17-11(16)8-7-3-4-13(19-7)9(8)10(15)14-5-2-6-18-12(13)14/h3-4,7-9,12H,2,5-6H2,1H3/t7-,8+,9-,12+,13-/m0/s1. The van der Waals surface area contributed by atoms with Gasteiger partial charge >= 0.3 is 5.97 Å². The minimum atomic E-state index is -0.791. The number of amides is 1. The third-order valence-corrected chi connectivity index (χ3v) is 4.60. The van der Waals surface area contributed by atoms with Crippen molar-refractivity contribution in [3.8, 4) is 0 Å². The molecular formula is C13H15NO5. The van der Waals surface area contributed by atoms with Crippen molar-refractivity contribution in [2.24, 2.45) is 11.8 Å². The zero-order chi connectivity index (χ0) is 13.2. The highest BCUT2D eigenvalue weighted by Crippen LogP contribution is 2.55. The van der Waals surface area contributed by atoms with E-state index in [1.807, 2.05) is 12.2 Å². The zero-order valence-corrected chi connectivity index (χ0v) is 10.6. The number of carbonyl (C=O) groups excluding carboxylic acids is 2. The smallest absolute Gasteiger partial charge is 0.312 e. The summed E-state index contributed by atoms with van der Waals surface area (Å²) < 4.78 is 16.5. The second kappa shape index (κ2) is 3.58. The number of carbonyl (C=O) groups is 2. The number of nitrogens with zero attached hydrogens (tertiary/aromatic N) is 1. The minimum absolute atomic E-state index is 0.0491. The van der Waals surface area contributed by atoms with Gasteiger partial charge in [0.1, 0.15) is 11.5 Å². The molecule has 1 spiro atoms. The molecule has 0 radical (unpaired) electrons. The van der Waals surface area contributed by atoms with Crippen LogP contribution in [-0.4, -0.2) is 55.0 Å². The van der Waals surface area contributed by atoms with E-state index >= 15 is 0 Å². The Morgan fingerprint density at radius 3 is 3.21 bits per heavy atom. The fourth-order valence-corrected chi connectivity index (χ4v) is 3.86. The van der Waals surface area contributed by atoms with Crippen molar-refractivity contribution in [1.82, 2.24) is 4.90 Å². The van der Waals surface area contributed by atoms with Crippen LogP contribution in [0, 0.1) is 11.8 Å². The maximum Gasteiger partial charge on any atom is 0.312 e. The lowest BCUT2D eigenvalue weighted by Crippen LogP contribution is -2.49. The average molecular weight is 265 g/mol. The van der Waals surface area contributed by atoms with Crippen LogP contribution in [0.1, 0.15) is 6.42 Å². The molecule has 0 aromatic rings. The van der Waals surface area contributed by atoms with Gasteiger partial charge in [0.15, 0.2) is 6.23 Å². The monoisotopic (exact) mass is 265 g/mol. The van der Waals surface area contributed by atoms with Crippen LogP contribution in [0.3, 0.4) is 0 Å². The van der Waals surface area contributed by atoms with Crippen molar-refractivity contribution < 1.29 is 23.8 Å². The molecule has 3 fully saturated rings. The van der Waals surface area contributed by atoms with E-state index in [0.29, 0.717) is 13.2 Å². The first kappa shape index (κ1) is 11.4. The lowest BCUT2D eigenvalue weighted by atomic mass is 9.76. The first-order chi connectivity index (χ1) is 9.19. The van der Waals surface area contributed by atoms with Crippen LogP contribution >= 0.6 is 0 Å². The van der Waals surface area contributed by atoms with E-state index in [0.717, 1.165) is 6.42 Å². The van der Waals surface area contributed by atoms with Gasteiger partial charge in [-0.2, -0.15) is 0 Å². The predicted molar refractivity (Wildman–Crippen MR) is 61.8 cm³/mol. The highest BCUT2D eigenvalue weighted by molar-refractivity contribution is 5.91. The number of hydrogen-bond donors (Lipinski definition) is 0. The van der Waals surface area contributed by atoms with Gasteiger partial charge in [-0.1, -0.05) is 6.08 Å². The summed E-state index contributed by atoms with van der Waals surface area (Å²) in [4.78, 5) is 26.2. The molecule has 5 atom stereocenters. The van der Waals surface area contributed by atoms with Crippen LogP contribution < -0.4 is 0 Å². The number of fused-ring (bicyclic) bond motifs is 2. The van der Waals surface area contributed by atoms with E-state index in [9.17, 15) is 9.59 Å². The van der Waals surface area contributed by atoms with Crippen molar-refractivity contribution in [2.45, 2.75) is 24.4 Å². The molecule has 6 nitrogen and oxygen atoms in total. The molecule has 1 amide bonds. The quantitative estimate of drug-likeness (QED) is 0.480. The molecule has 0 saturated carbocycles. The summed E-state index contributed by atoms with van der Waals surface area (Å²) in [5, 5.41) is 0. The van der Waals surface area contributed by atoms with Crippen molar-refractivity contribution in [2.75, 3.05) is 20.3 Å². The molecule has 6 heteroatoms. The van der Waals surface area contributed by atoms with Gasteiger partial charge in [-0.25, -0.2) is 0 Å². The van der Waals surface area contributed by atoms with Crippen molar-refractivity contribution in [3.63, 3.8) is 0 Å². The topological polar surface area (TPSA) is 65.1 Å². The van der Waals surface area contributed by atoms with E-state index in [1.54, 1.807) is 4.90 Å². The molecule has 2 bridgehead atoms. The van der Waals surface area contributed by atoms with Crippen LogP contribution in [0.4, 0.5) is 0 Å². The van der Waals surface area contributed by atoms with Crippen LogP contribution in [-0.2, 0) is 23.8 Å². The van der Waals surface area contributed by atoms with E-state index in [-0.39, 0.29) is 18.0 Å². The summed E-state index contributed by atoms with van der Waals surface area (Å²) in [5.41, 5.74) is -0.791. The summed E-state index contributed by atoms with van der Waals surface area (Å²) in [6.45, 7) is 1.28. The van der Waals surface area contributed by atoms with Crippen molar-refractivity contribution in [3.05, 3.63) is 12.2 Å². The maximum atomic E-state index is 12.6. The molecule has 0 N–H and O–H groups in total. The second-order valence-electron chi connectivity index (χ2n) is 5.43. The Bertz CT molecular complexity index is 489. The Labute approximate surface area is 110 Å². The Hall–Kier alpha value is -1.40. The summed E-state index contributed by atoms with van der Waals surface area (Å²) in [6, 6.07) is 0. The molecule has 102 valence electrons. The molecule has 4 rings (SSSR count). The third kappa shape index (κ3) is 1.19. The number of hydrogen-bond acceptors (Lipinski definition) is 5. The van der Waals surface area contributed by atoms with Gasteiger partial charge in [-0.3, -0.25) is 9.59 Å². The van der Waals surface area contributed by atoms with Crippen LogP contribution in [0.15, 0.2) is 12.2 Å². The lowest BCUT2D eigenvalue weighted by molar-refractivity contribution is -0.168. The molecule has 0 aliphatic carbocycles. The molecule has 4 aliphatic heterocycles. The largest absolute Gasteiger partial charge is 0.469 e. The Morgan fingerprint density at radius 1 is 1.58 bits per heavy atom. The molecule has 0 aromatic heterocycles. The van der Waals surface area contributed by atoms with Crippen LogP contribution in [0.2, 0.25) is 0 Å². The van der Waals surface area contributed by atoms with Crippen LogP contribution in [0.25, 0.3) is 0 Å². The fraction of sp³-hybridized carbons (Fsp3) is 0.692. The maximum absolute atomic E-state index is 12.6. The Morgan fingerprint density at radius 2 is 2.42 bits per heavy atom. The van der Waals surface area contributed by atoms with Gasteiger partial charge in [-0.05, 0) is 12.5 Å². The minimum Gasteiger partial charge on any atom is -0.469 e. The number of rotatable bonds is 1. The van der Waals surface area contributed by atoms with Gasteiger partial charge in [-0.15, -0.1) is 0 Å². The molecule has 4 heterocycles. The summed E-state index contributed by atoms with van der Waals surface area (Å²) in [7, 11) is 1.34. The van der Waals surface area contributed by atoms with Gasteiger partial charge in [0.25, 0.3) is 0 Å². The Kier molecular flexibility index (Phi) is 2.15. The van der Waals surface area contributed by atoms with Gasteiger partial charge in [0.05, 0.1) is 25.7 Å². The fourth-order valence-electron chi connectivity index (χ4n) is 3.86. The first-order valence-corrected chi connectivity index (χ1v) is 6.56. The normalized spacial score (nSPS) is 46.4. The number of methoxy groups -OCH3 is 1. The Balaban J connectivity index is 1.79. The number of esters is 1. The summed E-state index contributed by atoms with van der Waals surface area (Å²) in [6.07, 6.45) is 3.81. The first-order valence-electron chi connectivity index (χ1n) is 6.56.